The van der Waals surface area contributed by atoms with E-state index in [1.165, 1.54) is 7.11 Å². The van der Waals surface area contributed by atoms with E-state index in [0.29, 0.717) is 16.8 Å². The van der Waals surface area contributed by atoms with Crippen molar-refractivity contribution >= 4 is 19.5 Å². The number of carbonyl (C=O) groups excluding carboxylic acids is 1. The molecule has 1 aliphatic rings. The van der Waals surface area contributed by atoms with Crippen molar-refractivity contribution in [2.45, 2.75) is 38.9 Å². The molecular formula is C17H23BO5. The average Bonchev–Trinajstić information content (AvgIpc) is 2.72. The third-order valence-electron chi connectivity index (χ3n) is 4.48. The van der Waals surface area contributed by atoms with Crippen LogP contribution in [0.4, 0.5) is 0 Å². The molecule has 0 radical (unpaired) electrons. The van der Waals surface area contributed by atoms with Gasteiger partial charge in [0.1, 0.15) is 5.75 Å². The van der Waals surface area contributed by atoms with Crippen molar-refractivity contribution in [1.82, 2.24) is 0 Å². The first kappa shape index (κ1) is 17.7. The minimum atomic E-state index is -0.609. The molecule has 0 amide bonds. The predicted octanol–water partition coefficient (Wildman–Crippen LogP) is 2.51. The number of methoxy groups -OCH3 is 1. The molecule has 1 aromatic rings. The maximum atomic E-state index is 11.0. The van der Waals surface area contributed by atoms with E-state index >= 15 is 0 Å². The molecule has 1 saturated heterocycles. The first-order valence-corrected chi connectivity index (χ1v) is 7.54. The summed E-state index contributed by atoms with van der Waals surface area (Å²) in [6.07, 6.45) is 2.53. The van der Waals surface area contributed by atoms with E-state index in [1.54, 1.807) is 24.3 Å². The van der Waals surface area contributed by atoms with Crippen LogP contribution in [0.5, 0.6) is 5.75 Å². The quantitative estimate of drug-likeness (QED) is 0.667. The number of aldehydes is 1. The average molecular weight is 318 g/mol. The Morgan fingerprint density at radius 2 is 1.87 bits per heavy atom. The maximum Gasteiger partial charge on any atom is 0.492 e. The van der Waals surface area contributed by atoms with Gasteiger partial charge in [-0.3, -0.25) is 4.79 Å². The first-order valence-electron chi connectivity index (χ1n) is 7.54. The van der Waals surface area contributed by atoms with Crippen molar-refractivity contribution in [3.63, 3.8) is 0 Å². The van der Waals surface area contributed by atoms with Gasteiger partial charge in [0.15, 0.2) is 6.29 Å². The number of ether oxygens (including phenoxy) is 1. The van der Waals surface area contributed by atoms with E-state index in [2.05, 4.69) is 0 Å². The molecule has 1 fully saturated rings. The Labute approximate surface area is 137 Å². The standard InChI is InChI=1S/C17H23BO5/c1-16(2)17(3,4)23-18(22-16)14(11-20)8-12-6-7-13(10-19)15(9-12)21-5/h6-10,20H,11H2,1-5H3. The van der Waals surface area contributed by atoms with Crippen molar-refractivity contribution in [2.75, 3.05) is 13.7 Å². The number of hydrogen-bond acceptors (Lipinski definition) is 5. The molecule has 6 heteroatoms. The molecule has 1 N–H and O–H groups in total. The Hall–Kier alpha value is -1.63. The zero-order valence-electron chi connectivity index (χ0n) is 14.3. The van der Waals surface area contributed by atoms with E-state index in [4.69, 9.17) is 14.0 Å². The molecular weight excluding hydrogens is 295 g/mol. The number of rotatable bonds is 5. The summed E-state index contributed by atoms with van der Waals surface area (Å²) < 4.78 is 17.1. The lowest BCUT2D eigenvalue weighted by atomic mass is 9.77. The fourth-order valence-corrected chi connectivity index (χ4v) is 2.31. The zero-order valence-corrected chi connectivity index (χ0v) is 14.3. The highest BCUT2D eigenvalue weighted by Gasteiger charge is 2.52. The predicted molar refractivity (Wildman–Crippen MR) is 89.5 cm³/mol. The highest BCUT2D eigenvalue weighted by molar-refractivity contribution is 6.55. The van der Waals surface area contributed by atoms with Gasteiger partial charge >= 0.3 is 7.12 Å². The van der Waals surface area contributed by atoms with Gasteiger partial charge in [0.25, 0.3) is 0 Å². The second kappa shape index (κ2) is 6.47. The molecule has 5 nitrogen and oxygen atoms in total. The summed E-state index contributed by atoms with van der Waals surface area (Å²) in [5, 5.41) is 9.70. The molecule has 1 aromatic carbocycles. The summed E-state index contributed by atoms with van der Waals surface area (Å²) in [5.41, 5.74) is 0.956. The van der Waals surface area contributed by atoms with E-state index < -0.39 is 18.3 Å². The molecule has 2 rings (SSSR count). The van der Waals surface area contributed by atoms with Crippen LogP contribution in [0.25, 0.3) is 6.08 Å². The zero-order chi connectivity index (χ0) is 17.3. The van der Waals surface area contributed by atoms with Crippen molar-refractivity contribution in [2.24, 2.45) is 0 Å². The van der Waals surface area contributed by atoms with Gasteiger partial charge < -0.3 is 19.2 Å². The van der Waals surface area contributed by atoms with Crippen LogP contribution in [0.3, 0.4) is 0 Å². The second-order valence-corrected chi connectivity index (χ2v) is 6.58. The van der Waals surface area contributed by atoms with Gasteiger partial charge in [-0.1, -0.05) is 12.1 Å². The van der Waals surface area contributed by atoms with Gasteiger partial charge in [0, 0.05) is 0 Å². The van der Waals surface area contributed by atoms with Crippen molar-refractivity contribution in [1.29, 1.82) is 0 Å². The minimum absolute atomic E-state index is 0.186. The third kappa shape index (κ3) is 3.49. The summed E-state index contributed by atoms with van der Waals surface area (Å²) >= 11 is 0. The van der Waals surface area contributed by atoms with Gasteiger partial charge in [-0.2, -0.15) is 0 Å². The topological polar surface area (TPSA) is 65.0 Å². The summed E-state index contributed by atoms with van der Waals surface area (Å²) in [6.45, 7) is 7.66. The smallest absolute Gasteiger partial charge is 0.492 e. The summed E-state index contributed by atoms with van der Waals surface area (Å²) in [7, 11) is 0.901. The number of aliphatic hydroxyl groups excluding tert-OH is 1. The van der Waals surface area contributed by atoms with E-state index in [1.807, 2.05) is 27.7 Å². The molecule has 0 unspecified atom stereocenters. The third-order valence-corrected chi connectivity index (χ3v) is 4.48. The molecule has 0 bridgehead atoms. The molecule has 0 aromatic heterocycles. The van der Waals surface area contributed by atoms with E-state index in [9.17, 15) is 9.90 Å². The Morgan fingerprint density at radius 3 is 2.35 bits per heavy atom. The Kier molecular flexibility index (Phi) is 4.99. The van der Waals surface area contributed by atoms with Crippen LogP contribution >= 0.6 is 0 Å². The van der Waals surface area contributed by atoms with Gasteiger partial charge in [-0.15, -0.1) is 0 Å². The SMILES string of the molecule is COc1cc(C=C(CO)B2OC(C)(C)C(C)(C)O2)ccc1C=O. The lowest BCUT2D eigenvalue weighted by Gasteiger charge is -2.32. The molecule has 0 atom stereocenters. The summed E-state index contributed by atoms with van der Waals surface area (Å²) in [6, 6.07) is 5.20. The summed E-state index contributed by atoms with van der Waals surface area (Å²) in [4.78, 5) is 11.0. The summed E-state index contributed by atoms with van der Waals surface area (Å²) in [5.74, 6) is 0.486. The molecule has 0 spiro atoms. The fraction of sp³-hybridized carbons (Fsp3) is 0.471. The Morgan fingerprint density at radius 1 is 1.26 bits per heavy atom. The van der Waals surface area contributed by atoms with Crippen LogP contribution < -0.4 is 4.74 Å². The van der Waals surface area contributed by atoms with Crippen molar-refractivity contribution < 1.29 is 23.9 Å². The number of carbonyl (C=O) groups is 1. The highest BCUT2D eigenvalue weighted by atomic mass is 16.7. The highest BCUT2D eigenvalue weighted by Crippen LogP contribution is 2.38. The molecule has 0 aliphatic carbocycles. The normalized spacial score (nSPS) is 19.7. The van der Waals surface area contributed by atoms with Crippen molar-refractivity contribution in [3.05, 3.63) is 34.8 Å². The van der Waals surface area contributed by atoms with Crippen LogP contribution in [0.2, 0.25) is 0 Å². The molecule has 124 valence electrons. The van der Waals surface area contributed by atoms with Crippen LogP contribution in [0.15, 0.2) is 23.7 Å². The molecule has 1 aliphatic heterocycles. The molecule has 1 heterocycles. The van der Waals surface area contributed by atoms with Crippen molar-refractivity contribution in [3.8, 4) is 5.75 Å². The van der Waals surface area contributed by atoms with Gasteiger partial charge in [-0.25, -0.2) is 0 Å². The van der Waals surface area contributed by atoms with Crippen LogP contribution in [0.1, 0.15) is 43.6 Å². The number of benzene rings is 1. The Bertz CT molecular complexity index is 605. The van der Waals surface area contributed by atoms with E-state index in [-0.39, 0.29) is 6.61 Å². The molecule has 23 heavy (non-hydrogen) atoms. The van der Waals surface area contributed by atoms with Crippen LogP contribution in [-0.4, -0.2) is 43.4 Å². The first-order chi connectivity index (χ1) is 10.7. The number of hydrogen-bond donors (Lipinski definition) is 1. The lowest BCUT2D eigenvalue weighted by Crippen LogP contribution is -2.41. The lowest BCUT2D eigenvalue weighted by molar-refractivity contribution is 0.00578. The maximum absolute atomic E-state index is 11.0. The van der Waals surface area contributed by atoms with Gasteiger partial charge in [-0.05, 0) is 50.9 Å². The minimum Gasteiger partial charge on any atom is -0.496 e. The monoisotopic (exact) mass is 318 g/mol. The van der Waals surface area contributed by atoms with Gasteiger partial charge in [0.05, 0.1) is 30.5 Å². The van der Waals surface area contributed by atoms with Crippen LogP contribution in [0, 0.1) is 0 Å². The second-order valence-electron chi connectivity index (χ2n) is 6.58. The van der Waals surface area contributed by atoms with E-state index in [0.717, 1.165) is 11.8 Å². The Balaban J connectivity index is 2.31. The number of aliphatic hydroxyl groups is 1. The van der Waals surface area contributed by atoms with Gasteiger partial charge in [0.2, 0.25) is 0 Å². The van der Waals surface area contributed by atoms with Crippen LogP contribution in [-0.2, 0) is 9.31 Å². The fourth-order valence-electron chi connectivity index (χ4n) is 2.31. The largest absolute Gasteiger partial charge is 0.496 e. The molecule has 0 saturated carbocycles.